The van der Waals surface area contributed by atoms with Crippen molar-refractivity contribution in [1.29, 1.82) is 0 Å². The molecule has 0 bridgehead atoms. The summed E-state index contributed by atoms with van der Waals surface area (Å²) in [6.07, 6.45) is 4.11. The third kappa shape index (κ3) is 1.54. The summed E-state index contributed by atoms with van der Waals surface area (Å²) in [6, 6.07) is 0. The Labute approximate surface area is 64.4 Å². The molecule has 1 aliphatic carbocycles. The third-order valence-corrected chi connectivity index (χ3v) is 2.13. The van der Waals surface area contributed by atoms with Crippen LogP contribution in [0.1, 0.15) is 25.1 Å². The molecule has 0 aliphatic heterocycles. The van der Waals surface area contributed by atoms with Gasteiger partial charge in [0.1, 0.15) is 0 Å². The van der Waals surface area contributed by atoms with Crippen LogP contribution in [-0.4, -0.2) is 26.2 Å². The number of nitrogens with two attached hydrogens (primary N) is 1. The number of hydrogen-bond donors (Lipinski definition) is 2. The molecular formula is C6H11N5. The highest BCUT2D eigenvalue weighted by Gasteiger charge is 2.37. The topological polar surface area (TPSA) is 80.5 Å². The zero-order valence-electron chi connectivity index (χ0n) is 6.25. The molecule has 1 heterocycles. The second-order valence-electron chi connectivity index (χ2n) is 3.19. The highest BCUT2D eigenvalue weighted by Crippen LogP contribution is 2.36. The number of hydrogen-bond acceptors (Lipinski definition) is 4. The number of aromatic nitrogens is 4. The Morgan fingerprint density at radius 2 is 2.36 bits per heavy atom. The van der Waals surface area contributed by atoms with E-state index in [4.69, 9.17) is 5.73 Å². The smallest absolute Gasteiger partial charge is 0.174 e. The first-order valence-corrected chi connectivity index (χ1v) is 3.80. The van der Waals surface area contributed by atoms with Gasteiger partial charge in [0.2, 0.25) is 0 Å². The fourth-order valence-electron chi connectivity index (χ4n) is 1.06. The Morgan fingerprint density at radius 3 is 2.91 bits per heavy atom. The SMILES string of the molecule is NC1(CCc2nn[nH]n2)CC1. The Bertz CT molecular complexity index is 225. The third-order valence-electron chi connectivity index (χ3n) is 2.13. The molecule has 1 aliphatic rings. The minimum Gasteiger partial charge on any atom is -0.325 e. The Kier molecular flexibility index (Phi) is 1.38. The number of nitrogens with one attached hydrogen (secondary N) is 1. The molecule has 0 spiro atoms. The van der Waals surface area contributed by atoms with Crippen molar-refractivity contribution < 1.29 is 0 Å². The molecule has 3 N–H and O–H groups in total. The first-order valence-electron chi connectivity index (χ1n) is 3.80. The maximum Gasteiger partial charge on any atom is 0.174 e. The minimum atomic E-state index is 0.0978. The molecule has 0 unspecified atom stereocenters. The molecule has 0 saturated heterocycles. The van der Waals surface area contributed by atoms with Gasteiger partial charge in [-0.15, -0.1) is 10.2 Å². The average molecular weight is 153 g/mol. The maximum absolute atomic E-state index is 5.88. The lowest BCUT2D eigenvalue weighted by molar-refractivity contribution is 0.596. The first-order chi connectivity index (χ1) is 5.29. The number of rotatable bonds is 3. The van der Waals surface area contributed by atoms with Gasteiger partial charge in [-0.2, -0.15) is 5.21 Å². The van der Waals surface area contributed by atoms with E-state index in [1.807, 2.05) is 0 Å². The van der Waals surface area contributed by atoms with Gasteiger partial charge in [0.15, 0.2) is 5.82 Å². The van der Waals surface area contributed by atoms with Gasteiger partial charge in [0, 0.05) is 12.0 Å². The highest BCUT2D eigenvalue weighted by atomic mass is 15.5. The van der Waals surface area contributed by atoms with Crippen molar-refractivity contribution in [3.8, 4) is 0 Å². The summed E-state index contributed by atoms with van der Waals surface area (Å²) in [4.78, 5) is 0. The van der Waals surface area contributed by atoms with Crippen LogP contribution in [0.3, 0.4) is 0 Å². The van der Waals surface area contributed by atoms with Crippen LogP contribution >= 0.6 is 0 Å². The monoisotopic (exact) mass is 153 g/mol. The van der Waals surface area contributed by atoms with E-state index in [9.17, 15) is 0 Å². The van der Waals surface area contributed by atoms with Gasteiger partial charge >= 0.3 is 0 Å². The lowest BCUT2D eigenvalue weighted by Crippen LogP contribution is -2.22. The molecule has 60 valence electrons. The molecule has 11 heavy (non-hydrogen) atoms. The van der Waals surface area contributed by atoms with E-state index in [-0.39, 0.29) is 5.54 Å². The van der Waals surface area contributed by atoms with Crippen LogP contribution in [-0.2, 0) is 6.42 Å². The second-order valence-corrected chi connectivity index (χ2v) is 3.19. The molecule has 2 rings (SSSR count). The van der Waals surface area contributed by atoms with Gasteiger partial charge in [-0.25, -0.2) is 0 Å². The largest absolute Gasteiger partial charge is 0.325 e. The van der Waals surface area contributed by atoms with Crippen LogP contribution in [0.5, 0.6) is 0 Å². The summed E-state index contributed by atoms with van der Waals surface area (Å²) in [6.45, 7) is 0. The molecule has 0 atom stereocenters. The van der Waals surface area contributed by atoms with Gasteiger partial charge in [-0.3, -0.25) is 0 Å². The van der Waals surface area contributed by atoms with Crippen LogP contribution < -0.4 is 5.73 Å². The second kappa shape index (κ2) is 2.27. The summed E-state index contributed by atoms with van der Waals surface area (Å²) in [5.41, 5.74) is 5.97. The Balaban J connectivity index is 1.83. The molecule has 0 amide bonds. The van der Waals surface area contributed by atoms with Crippen LogP contribution in [0.25, 0.3) is 0 Å². The lowest BCUT2D eigenvalue weighted by Gasteiger charge is -2.03. The van der Waals surface area contributed by atoms with E-state index in [1.54, 1.807) is 0 Å². The van der Waals surface area contributed by atoms with E-state index < -0.39 is 0 Å². The summed E-state index contributed by atoms with van der Waals surface area (Å²) in [5.74, 6) is 0.765. The molecule has 1 aromatic rings. The van der Waals surface area contributed by atoms with Crippen LogP contribution in [0.2, 0.25) is 0 Å². The van der Waals surface area contributed by atoms with Crippen molar-refractivity contribution in [2.24, 2.45) is 5.73 Å². The minimum absolute atomic E-state index is 0.0978. The number of aryl methyl sites for hydroxylation is 1. The number of nitrogens with zero attached hydrogens (tertiary/aromatic N) is 3. The normalized spacial score (nSPS) is 20.1. The molecule has 5 nitrogen and oxygen atoms in total. The zero-order chi connectivity index (χ0) is 7.73. The summed E-state index contributed by atoms with van der Waals surface area (Å²) in [5, 5.41) is 13.6. The summed E-state index contributed by atoms with van der Waals surface area (Å²) >= 11 is 0. The molecule has 1 aromatic heterocycles. The predicted octanol–water partition coefficient (Wildman–Crippen LogP) is -0.376. The fourth-order valence-corrected chi connectivity index (χ4v) is 1.06. The van der Waals surface area contributed by atoms with E-state index in [1.165, 1.54) is 0 Å². The molecule has 1 saturated carbocycles. The number of tetrazole rings is 1. The molecule has 0 radical (unpaired) electrons. The van der Waals surface area contributed by atoms with Gasteiger partial charge in [0.25, 0.3) is 0 Å². The first kappa shape index (κ1) is 6.72. The van der Waals surface area contributed by atoms with E-state index >= 15 is 0 Å². The summed E-state index contributed by atoms with van der Waals surface area (Å²) < 4.78 is 0. The summed E-state index contributed by atoms with van der Waals surface area (Å²) in [7, 11) is 0. The van der Waals surface area contributed by atoms with Gasteiger partial charge in [-0.05, 0) is 19.3 Å². The lowest BCUT2D eigenvalue weighted by atomic mass is 10.1. The predicted molar refractivity (Wildman–Crippen MR) is 38.7 cm³/mol. The molecule has 1 fully saturated rings. The Morgan fingerprint density at radius 1 is 1.55 bits per heavy atom. The van der Waals surface area contributed by atoms with Gasteiger partial charge < -0.3 is 5.73 Å². The molecular weight excluding hydrogens is 142 g/mol. The van der Waals surface area contributed by atoms with E-state index in [0.717, 1.165) is 31.5 Å². The van der Waals surface area contributed by atoms with Crippen LogP contribution in [0.15, 0.2) is 0 Å². The van der Waals surface area contributed by atoms with E-state index in [2.05, 4.69) is 20.6 Å². The van der Waals surface area contributed by atoms with E-state index in [0.29, 0.717) is 0 Å². The van der Waals surface area contributed by atoms with Gasteiger partial charge in [-0.1, -0.05) is 5.21 Å². The van der Waals surface area contributed by atoms with Crippen molar-refractivity contribution in [3.63, 3.8) is 0 Å². The Hall–Kier alpha value is -0.970. The van der Waals surface area contributed by atoms with Crippen molar-refractivity contribution in [2.45, 2.75) is 31.2 Å². The van der Waals surface area contributed by atoms with Crippen LogP contribution in [0.4, 0.5) is 0 Å². The molecule has 5 heteroatoms. The van der Waals surface area contributed by atoms with Gasteiger partial charge in [0.05, 0.1) is 0 Å². The van der Waals surface area contributed by atoms with Crippen molar-refractivity contribution in [1.82, 2.24) is 20.6 Å². The maximum atomic E-state index is 5.88. The average Bonchev–Trinajstić information content (AvgIpc) is 2.53. The van der Waals surface area contributed by atoms with Crippen molar-refractivity contribution in [3.05, 3.63) is 5.82 Å². The number of H-pyrrole nitrogens is 1. The number of aromatic amines is 1. The van der Waals surface area contributed by atoms with Crippen LogP contribution in [0, 0.1) is 0 Å². The fraction of sp³-hybridized carbons (Fsp3) is 0.833. The zero-order valence-corrected chi connectivity index (χ0v) is 6.25. The highest BCUT2D eigenvalue weighted by molar-refractivity contribution is 5.00. The van der Waals surface area contributed by atoms with Crippen molar-refractivity contribution >= 4 is 0 Å². The quantitative estimate of drug-likeness (QED) is 0.620. The van der Waals surface area contributed by atoms with Crippen molar-refractivity contribution in [2.75, 3.05) is 0 Å². The molecule has 0 aromatic carbocycles. The standard InChI is InChI=1S/C6H11N5/c7-6(3-4-6)2-1-5-8-10-11-9-5/h1-4,7H2,(H,8,9,10,11).